The lowest BCUT2D eigenvalue weighted by Gasteiger charge is -2.23. The molecular weight excluding hydrogens is 348 g/mol. The average Bonchev–Trinajstić information content (AvgIpc) is 3.11. The van der Waals surface area contributed by atoms with Crippen molar-refractivity contribution in [1.82, 2.24) is 4.98 Å². The van der Waals surface area contributed by atoms with Crippen LogP contribution in [0.1, 0.15) is 17.5 Å². The zero-order chi connectivity index (χ0) is 18.1. The van der Waals surface area contributed by atoms with Crippen LogP contribution in [0.3, 0.4) is 0 Å². The predicted molar refractivity (Wildman–Crippen MR) is 102 cm³/mol. The fourth-order valence-corrected chi connectivity index (χ4v) is 3.65. The van der Waals surface area contributed by atoms with E-state index in [1.807, 2.05) is 47.8 Å². The molecule has 3 aromatic rings. The third kappa shape index (κ3) is 3.28. The van der Waals surface area contributed by atoms with E-state index in [1.54, 1.807) is 25.4 Å². The summed E-state index contributed by atoms with van der Waals surface area (Å²) in [7, 11) is 1.66. The number of hydrogen-bond acceptors (Lipinski definition) is 5. The topological polar surface area (TPSA) is 60.5 Å². The second kappa shape index (κ2) is 6.80. The predicted octanol–water partition coefficient (Wildman–Crippen LogP) is 4.13. The number of anilines is 1. The third-order valence-corrected chi connectivity index (χ3v) is 5.12. The number of thiazole rings is 1. The van der Waals surface area contributed by atoms with Gasteiger partial charge in [-0.1, -0.05) is 12.1 Å². The second-order valence-corrected chi connectivity index (χ2v) is 7.05. The summed E-state index contributed by atoms with van der Waals surface area (Å²) in [5, 5.41) is 5.95. The van der Waals surface area contributed by atoms with Crippen LogP contribution in [0.25, 0.3) is 11.3 Å². The van der Waals surface area contributed by atoms with Gasteiger partial charge < -0.3 is 14.8 Å². The molecule has 4 rings (SSSR count). The van der Waals surface area contributed by atoms with Crippen molar-refractivity contribution >= 4 is 22.9 Å². The minimum absolute atomic E-state index is 0.131. The molecule has 0 radical (unpaired) electrons. The zero-order valence-corrected chi connectivity index (χ0v) is 15.3. The fraction of sp³-hybridized carbons (Fsp3) is 0.200. The Balaban J connectivity index is 1.54. The van der Waals surface area contributed by atoms with E-state index in [2.05, 4.69) is 5.32 Å². The van der Waals surface area contributed by atoms with Gasteiger partial charge in [-0.25, -0.2) is 4.98 Å². The number of nitrogens with one attached hydrogen (secondary N) is 1. The van der Waals surface area contributed by atoms with Gasteiger partial charge in [0.2, 0.25) is 0 Å². The smallest absolute Gasteiger partial charge is 0.265 e. The monoisotopic (exact) mass is 366 g/mol. The van der Waals surface area contributed by atoms with Crippen molar-refractivity contribution in [3.05, 3.63) is 58.4 Å². The normalized spacial score (nSPS) is 15.8. The molecule has 0 bridgehead atoms. The molecule has 1 aliphatic heterocycles. The number of benzene rings is 2. The Morgan fingerprint density at radius 2 is 2.04 bits per heavy atom. The van der Waals surface area contributed by atoms with Gasteiger partial charge in [-0.15, -0.1) is 11.3 Å². The van der Waals surface area contributed by atoms with E-state index in [9.17, 15) is 4.79 Å². The standard InChI is InChI=1S/C20H18N2O3S/c1-12-20(23)22-16-10-14(5-8-18(16)25-12)17-11-26-19(21-17)9-13-3-6-15(24-2)7-4-13/h3-8,10-12H,9H2,1-2H3,(H,22,23). The Labute approximate surface area is 155 Å². The van der Waals surface area contributed by atoms with E-state index in [4.69, 9.17) is 14.5 Å². The van der Waals surface area contributed by atoms with Crippen molar-refractivity contribution < 1.29 is 14.3 Å². The summed E-state index contributed by atoms with van der Waals surface area (Å²) >= 11 is 1.63. The van der Waals surface area contributed by atoms with Crippen LogP contribution in [0, 0.1) is 0 Å². The lowest BCUT2D eigenvalue weighted by molar-refractivity contribution is -0.122. The summed E-state index contributed by atoms with van der Waals surface area (Å²) in [6, 6.07) is 13.8. The summed E-state index contributed by atoms with van der Waals surface area (Å²) in [5.74, 6) is 1.41. The van der Waals surface area contributed by atoms with Crippen molar-refractivity contribution in [3.63, 3.8) is 0 Å². The third-order valence-electron chi connectivity index (χ3n) is 4.27. The average molecular weight is 366 g/mol. The number of fused-ring (bicyclic) bond motifs is 1. The quantitative estimate of drug-likeness (QED) is 0.754. The maximum Gasteiger partial charge on any atom is 0.265 e. The van der Waals surface area contributed by atoms with Crippen molar-refractivity contribution in [2.75, 3.05) is 12.4 Å². The number of methoxy groups -OCH3 is 1. The molecule has 132 valence electrons. The minimum atomic E-state index is -0.469. The van der Waals surface area contributed by atoms with Crippen LogP contribution >= 0.6 is 11.3 Å². The Bertz CT molecular complexity index is 950. The van der Waals surface area contributed by atoms with Crippen LogP contribution in [-0.2, 0) is 11.2 Å². The molecule has 1 N–H and O–H groups in total. The van der Waals surface area contributed by atoms with Gasteiger partial charge in [-0.05, 0) is 42.8 Å². The molecule has 6 heteroatoms. The van der Waals surface area contributed by atoms with Crippen LogP contribution in [-0.4, -0.2) is 24.1 Å². The summed E-state index contributed by atoms with van der Waals surface area (Å²) in [5.41, 5.74) is 3.73. The largest absolute Gasteiger partial charge is 0.497 e. The van der Waals surface area contributed by atoms with Crippen LogP contribution in [0.15, 0.2) is 47.8 Å². The molecule has 0 saturated heterocycles. The lowest BCUT2D eigenvalue weighted by Crippen LogP contribution is -2.34. The molecule has 0 saturated carbocycles. The molecule has 2 heterocycles. The van der Waals surface area contributed by atoms with Gasteiger partial charge >= 0.3 is 0 Å². The number of rotatable bonds is 4. The number of ether oxygens (including phenoxy) is 2. The highest BCUT2D eigenvalue weighted by atomic mass is 32.1. The number of nitrogens with zero attached hydrogens (tertiary/aromatic N) is 1. The molecule has 1 aromatic heterocycles. The molecule has 0 spiro atoms. The molecule has 1 aliphatic rings. The summed E-state index contributed by atoms with van der Waals surface area (Å²) < 4.78 is 10.8. The number of hydrogen-bond donors (Lipinski definition) is 1. The van der Waals surface area contributed by atoms with Crippen LogP contribution in [0.5, 0.6) is 11.5 Å². The highest BCUT2D eigenvalue weighted by Gasteiger charge is 2.23. The van der Waals surface area contributed by atoms with Gasteiger partial charge in [0.05, 0.1) is 23.5 Å². The molecule has 26 heavy (non-hydrogen) atoms. The first-order valence-corrected chi connectivity index (χ1v) is 9.19. The first kappa shape index (κ1) is 16.6. The number of amides is 1. The number of carbonyl (C=O) groups is 1. The molecular formula is C20H18N2O3S. The molecule has 2 aromatic carbocycles. The fourth-order valence-electron chi connectivity index (χ4n) is 2.81. The van der Waals surface area contributed by atoms with Gasteiger partial charge in [0, 0.05) is 17.4 Å². The summed E-state index contributed by atoms with van der Waals surface area (Å²) in [6.45, 7) is 1.73. The van der Waals surface area contributed by atoms with Crippen molar-refractivity contribution in [1.29, 1.82) is 0 Å². The Morgan fingerprint density at radius 1 is 1.23 bits per heavy atom. The van der Waals surface area contributed by atoms with E-state index in [1.165, 1.54) is 5.56 Å². The Hall–Kier alpha value is -2.86. The van der Waals surface area contributed by atoms with E-state index in [0.717, 1.165) is 28.4 Å². The van der Waals surface area contributed by atoms with E-state index >= 15 is 0 Å². The SMILES string of the molecule is COc1ccc(Cc2nc(-c3ccc4c(c3)NC(=O)C(C)O4)cs2)cc1. The van der Waals surface area contributed by atoms with Gasteiger partial charge in [-0.2, -0.15) is 0 Å². The first-order valence-electron chi connectivity index (χ1n) is 8.31. The van der Waals surface area contributed by atoms with Crippen LogP contribution in [0.2, 0.25) is 0 Å². The Kier molecular flexibility index (Phi) is 4.34. The van der Waals surface area contributed by atoms with Gasteiger partial charge in [-0.3, -0.25) is 4.79 Å². The van der Waals surface area contributed by atoms with Crippen LogP contribution in [0.4, 0.5) is 5.69 Å². The summed E-state index contributed by atoms with van der Waals surface area (Å²) in [6.07, 6.45) is 0.306. The van der Waals surface area contributed by atoms with E-state index in [-0.39, 0.29) is 5.91 Å². The van der Waals surface area contributed by atoms with Gasteiger partial charge in [0.15, 0.2) is 6.10 Å². The number of aromatic nitrogens is 1. The maximum atomic E-state index is 11.8. The van der Waals surface area contributed by atoms with E-state index < -0.39 is 6.10 Å². The van der Waals surface area contributed by atoms with Crippen molar-refractivity contribution in [2.24, 2.45) is 0 Å². The van der Waals surface area contributed by atoms with Crippen LogP contribution < -0.4 is 14.8 Å². The molecule has 1 unspecified atom stereocenters. The van der Waals surface area contributed by atoms with Gasteiger partial charge in [0.1, 0.15) is 11.5 Å². The van der Waals surface area contributed by atoms with Crippen molar-refractivity contribution in [3.8, 4) is 22.8 Å². The van der Waals surface area contributed by atoms with Gasteiger partial charge in [0.25, 0.3) is 5.91 Å². The highest BCUT2D eigenvalue weighted by Crippen LogP contribution is 2.34. The Morgan fingerprint density at radius 3 is 2.81 bits per heavy atom. The van der Waals surface area contributed by atoms with E-state index in [0.29, 0.717) is 11.4 Å². The molecule has 1 atom stereocenters. The first-order chi connectivity index (χ1) is 12.6. The molecule has 0 aliphatic carbocycles. The lowest BCUT2D eigenvalue weighted by atomic mass is 10.1. The number of carbonyl (C=O) groups excluding carboxylic acids is 1. The zero-order valence-electron chi connectivity index (χ0n) is 14.5. The maximum absolute atomic E-state index is 11.8. The summed E-state index contributed by atoms with van der Waals surface area (Å²) in [4.78, 5) is 16.5. The second-order valence-electron chi connectivity index (χ2n) is 6.11. The molecule has 0 fully saturated rings. The molecule has 5 nitrogen and oxygen atoms in total. The minimum Gasteiger partial charge on any atom is -0.497 e. The van der Waals surface area contributed by atoms with Crippen molar-refractivity contribution in [2.45, 2.75) is 19.4 Å². The highest BCUT2D eigenvalue weighted by molar-refractivity contribution is 7.10. The molecule has 1 amide bonds.